The van der Waals surface area contributed by atoms with Crippen molar-refractivity contribution in [2.24, 2.45) is 11.5 Å². The van der Waals surface area contributed by atoms with Gasteiger partial charge in [0.05, 0.1) is 0 Å². The van der Waals surface area contributed by atoms with E-state index in [1.165, 1.54) is 0 Å². The molecule has 0 aliphatic carbocycles. The van der Waals surface area contributed by atoms with Crippen molar-refractivity contribution < 1.29 is 14.3 Å². The summed E-state index contributed by atoms with van der Waals surface area (Å²) < 4.78 is 4.68. The average molecular weight is 250 g/mol. The smallest absolute Gasteiger partial charge is 0.404 e. The highest BCUT2D eigenvalue weighted by Gasteiger charge is 2.22. The van der Waals surface area contributed by atoms with Gasteiger partial charge in [-0.2, -0.15) is 0 Å². The maximum absolute atomic E-state index is 11.8. The van der Waals surface area contributed by atoms with Gasteiger partial charge < -0.3 is 16.2 Å². The molecule has 1 amide bonds. The molecule has 18 heavy (non-hydrogen) atoms. The molecule has 0 saturated heterocycles. The molecule has 5 nitrogen and oxygen atoms in total. The molecule has 98 valence electrons. The predicted molar refractivity (Wildman–Crippen MR) is 67.9 cm³/mol. The molecule has 0 spiro atoms. The molecule has 0 bridgehead atoms. The minimum atomic E-state index is -0.922. The zero-order valence-corrected chi connectivity index (χ0v) is 10.3. The molecule has 0 saturated carbocycles. The molecule has 0 aromatic heterocycles. The van der Waals surface area contributed by atoms with Crippen molar-refractivity contribution in [2.75, 3.05) is 0 Å². The number of carbonyl (C=O) groups is 2. The predicted octanol–water partition coefficient (Wildman–Crippen LogP) is 0.999. The normalized spacial score (nSPS) is 13.7. The van der Waals surface area contributed by atoms with Crippen LogP contribution in [-0.2, 0) is 16.0 Å². The Kier molecular flexibility index (Phi) is 5.32. The molecule has 0 radical (unpaired) electrons. The average Bonchev–Trinajstić information content (AvgIpc) is 2.35. The second kappa shape index (κ2) is 6.76. The summed E-state index contributed by atoms with van der Waals surface area (Å²) in [5.41, 5.74) is 11.6. The van der Waals surface area contributed by atoms with Crippen LogP contribution in [0.1, 0.15) is 18.9 Å². The monoisotopic (exact) mass is 250 g/mol. The lowest BCUT2D eigenvalue weighted by Crippen LogP contribution is -2.43. The number of carbonyl (C=O) groups excluding carboxylic acids is 2. The van der Waals surface area contributed by atoms with Gasteiger partial charge in [-0.15, -0.1) is 0 Å². The maximum atomic E-state index is 11.8. The van der Waals surface area contributed by atoms with Crippen molar-refractivity contribution in [1.29, 1.82) is 0 Å². The summed E-state index contributed by atoms with van der Waals surface area (Å²) in [7, 11) is 0. The number of Topliss-reactive ketones (excluding diaryl/α,β-unsaturated/α-hetero) is 1. The fourth-order valence-corrected chi connectivity index (χ4v) is 1.60. The third-order valence-electron chi connectivity index (χ3n) is 2.68. The summed E-state index contributed by atoms with van der Waals surface area (Å²) >= 11 is 0. The summed E-state index contributed by atoms with van der Waals surface area (Å²) in [5.74, 6) is -0.146. The van der Waals surface area contributed by atoms with Gasteiger partial charge in [0.25, 0.3) is 0 Å². The SMILES string of the molecule is CC(OC(N)=O)[C@H](N)C(=O)CCc1ccccc1. The Balaban J connectivity index is 2.43. The third-order valence-corrected chi connectivity index (χ3v) is 2.68. The summed E-state index contributed by atoms with van der Waals surface area (Å²) in [5, 5.41) is 0. The Labute approximate surface area is 106 Å². The van der Waals surface area contributed by atoms with E-state index in [0.29, 0.717) is 12.8 Å². The van der Waals surface area contributed by atoms with E-state index < -0.39 is 18.2 Å². The highest BCUT2D eigenvalue weighted by molar-refractivity contribution is 5.84. The van der Waals surface area contributed by atoms with Gasteiger partial charge >= 0.3 is 6.09 Å². The Bertz CT molecular complexity index is 406. The van der Waals surface area contributed by atoms with E-state index >= 15 is 0 Å². The number of benzene rings is 1. The number of ketones is 1. The lowest BCUT2D eigenvalue weighted by molar-refractivity contribution is -0.122. The van der Waals surface area contributed by atoms with Crippen molar-refractivity contribution in [3.05, 3.63) is 35.9 Å². The van der Waals surface area contributed by atoms with Crippen LogP contribution in [-0.4, -0.2) is 24.0 Å². The second-order valence-corrected chi connectivity index (χ2v) is 4.12. The lowest BCUT2D eigenvalue weighted by atomic mass is 10.0. The molecule has 0 aliphatic heterocycles. The van der Waals surface area contributed by atoms with Gasteiger partial charge in [-0.3, -0.25) is 4.79 Å². The molecule has 0 fully saturated rings. The van der Waals surface area contributed by atoms with Crippen molar-refractivity contribution in [3.63, 3.8) is 0 Å². The van der Waals surface area contributed by atoms with Gasteiger partial charge in [-0.05, 0) is 18.9 Å². The van der Waals surface area contributed by atoms with Crippen LogP contribution >= 0.6 is 0 Å². The molecule has 1 unspecified atom stereocenters. The van der Waals surface area contributed by atoms with Gasteiger partial charge in [0.1, 0.15) is 12.1 Å². The Hall–Kier alpha value is -1.88. The maximum Gasteiger partial charge on any atom is 0.404 e. The first-order valence-electron chi connectivity index (χ1n) is 5.79. The Morgan fingerprint density at radius 1 is 1.28 bits per heavy atom. The van der Waals surface area contributed by atoms with Crippen LogP contribution < -0.4 is 11.5 Å². The molecule has 4 N–H and O–H groups in total. The number of ether oxygens (including phenoxy) is 1. The Morgan fingerprint density at radius 3 is 2.44 bits per heavy atom. The van der Waals surface area contributed by atoms with Crippen molar-refractivity contribution in [1.82, 2.24) is 0 Å². The first-order chi connectivity index (χ1) is 8.50. The molecule has 1 rings (SSSR count). The Morgan fingerprint density at radius 2 is 1.89 bits per heavy atom. The van der Waals surface area contributed by atoms with Gasteiger partial charge in [-0.1, -0.05) is 30.3 Å². The molecule has 1 aromatic carbocycles. The van der Waals surface area contributed by atoms with Gasteiger partial charge in [0.15, 0.2) is 5.78 Å². The van der Waals surface area contributed by atoms with Gasteiger partial charge in [0, 0.05) is 6.42 Å². The topological polar surface area (TPSA) is 95.4 Å². The van der Waals surface area contributed by atoms with Crippen molar-refractivity contribution >= 4 is 11.9 Å². The molecular formula is C13H18N2O3. The van der Waals surface area contributed by atoms with E-state index in [9.17, 15) is 9.59 Å². The van der Waals surface area contributed by atoms with Crippen molar-refractivity contribution in [3.8, 4) is 0 Å². The minimum absolute atomic E-state index is 0.146. The number of hydrogen-bond donors (Lipinski definition) is 2. The van der Waals surface area contributed by atoms with E-state index in [1.54, 1.807) is 6.92 Å². The molecule has 2 atom stereocenters. The van der Waals surface area contributed by atoms with Crippen LogP contribution in [0.4, 0.5) is 4.79 Å². The number of rotatable bonds is 6. The zero-order chi connectivity index (χ0) is 13.5. The third kappa shape index (κ3) is 4.55. The van der Waals surface area contributed by atoms with E-state index in [0.717, 1.165) is 5.56 Å². The van der Waals surface area contributed by atoms with Crippen LogP contribution in [0.15, 0.2) is 30.3 Å². The van der Waals surface area contributed by atoms with Gasteiger partial charge in [-0.25, -0.2) is 4.79 Å². The summed E-state index contributed by atoms with van der Waals surface area (Å²) in [6.07, 6.45) is -0.687. The molecule has 0 heterocycles. The van der Waals surface area contributed by atoms with Crippen molar-refractivity contribution in [2.45, 2.75) is 31.9 Å². The second-order valence-electron chi connectivity index (χ2n) is 4.12. The summed E-state index contributed by atoms with van der Waals surface area (Å²) in [4.78, 5) is 22.3. The number of hydrogen-bond acceptors (Lipinski definition) is 4. The van der Waals surface area contributed by atoms with Gasteiger partial charge in [0.2, 0.25) is 0 Å². The van der Waals surface area contributed by atoms with Crippen LogP contribution in [0, 0.1) is 0 Å². The molecular weight excluding hydrogens is 232 g/mol. The fourth-order valence-electron chi connectivity index (χ4n) is 1.60. The van der Waals surface area contributed by atoms with Crippen LogP contribution in [0.5, 0.6) is 0 Å². The first kappa shape index (κ1) is 14.2. The quantitative estimate of drug-likeness (QED) is 0.787. The first-order valence-corrected chi connectivity index (χ1v) is 5.79. The molecule has 0 aliphatic rings. The van der Waals surface area contributed by atoms with Crippen LogP contribution in [0.25, 0.3) is 0 Å². The summed E-state index contributed by atoms with van der Waals surface area (Å²) in [6.45, 7) is 1.55. The minimum Gasteiger partial charge on any atom is -0.445 e. The van der Waals surface area contributed by atoms with E-state index in [-0.39, 0.29) is 5.78 Å². The van der Waals surface area contributed by atoms with Crippen LogP contribution in [0.2, 0.25) is 0 Å². The largest absolute Gasteiger partial charge is 0.445 e. The highest BCUT2D eigenvalue weighted by atomic mass is 16.6. The zero-order valence-electron chi connectivity index (χ0n) is 10.3. The fraction of sp³-hybridized carbons (Fsp3) is 0.385. The van der Waals surface area contributed by atoms with E-state index in [4.69, 9.17) is 11.5 Å². The molecule has 1 aromatic rings. The van der Waals surface area contributed by atoms with E-state index in [2.05, 4.69) is 4.74 Å². The number of aryl methyl sites for hydroxylation is 1. The molecule has 5 heteroatoms. The summed E-state index contributed by atoms with van der Waals surface area (Å²) in [6, 6.07) is 8.81. The number of amides is 1. The van der Waals surface area contributed by atoms with E-state index in [1.807, 2.05) is 30.3 Å². The lowest BCUT2D eigenvalue weighted by Gasteiger charge is -2.18. The number of primary amides is 1. The highest BCUT2D eigenvalue weighted by Crippen LogP contribution is 2.06. The standard InChI is InChI=1S/C13H18N2O3/c1-9(18-13(15)17)12(14)11(16)8-7-10-5-3-2-4-6-10/h2-6,9,12H,7-8,14H2,1H3,(H2,15,17)/t9?,12-/m0/s1. The number of nitrogens with two attached hydrogens (primary N) is 2. The van der Waals surface area contributed by atoms with Crippen LogP contribution in [0.3, 0.4) is 0 Å².